The minimum Gasteiger partial charge on any atom is -0.355 e. The van der Waals surface area contributed by atoms with Crippen molar-refractivity contribution >= 4 is 5.91 Å². The van der Waals surface area contributed by atoms with Gasteiger partial charge in [0.15, 0.2) is 0 Å². The molecule has 0 spiro atoms. The van der Waals surface area contributed by atoms with E-state index in [2.05, 4.69) is 48.7 Å². The molecule has 1 aromatic rings. The van der Waals surface area contributed by atoms with Crippen LogP contribution in [-0.4, -0.2) is 18.5 Å². The largest absolute Gasteiger partial charge is 0.355 e. The molecule has 104 valence electrons. The van der Waals surface area contributed by atoms with Crippen molar-refractivity contribution < 1.29 is 4.79 Å². The summed E-state index contributed by atoms with van der Waals surface area (Å²) in [6, 6.07) is 8.81. The van der Waals surface area contributed by atoms with E-state index >= 15 is 0 Å². The van der Waals surface area contributed by atoms with Crippen LogP contribution in [0.3, 0.4) is 0 Å². The minimum atomic E-state index is -0.0525. The number of amides is 1. The molecule has 0 aromatic heterocycles. The summed E-state index contributed by atoms with van der Waals surface area (Å²) >= 11 is 0. The first-order valence-corrected chi connectivity index (χ1v) is 7.33. The predicted molar refractivity (Wildman–Crippen MR) is 78.0 cm³/mol. The van der Waals surface area contributed by atoms with Crippen LogP contribution in [0.5, 0.6) is 0 Å². The number of benzene rings is 1. The number of nitrogens with one attached hydrogen (secondary N) is 2. The highest BCUT2D eigenvalue weighted by molar-refractivity contribution is 5.81. The number of hydrogen-bond acceptors (Lipinski definition) is 2. The first kappa shape index (κ1) is 14.1. The monoisotopic (exact) mass is 260 g/mol. The van der Waals surface area contributed by atoms with Gasteiger partial charge >= 0.3 is 0 Å². The average molecular weight is 260 g/mol. The maximum atomic E-state index is 11.9. The van der Waals surface area contributed by atoms with E-state index in [1.165, 1.54) is 11.1 Å². The van der Waals surface area contributed by atoms with Crippen LogP contribution in [-0.2, 0) is 11.2 Å². The quantitative estimate of drug-likeness (QED) is 0.873. The Kier molecular flexibility index (Phi) is 4.97. The highest BCUT2D eigenvalue weighted by atomic mass is 16.2. The molecule has 0 radical (unpaired) electrons. The van der Waals surface area contributed by atoms with Crippen molar-refractivity contribution in [1.29, 1.82) is 0 Å². The van der Waals surface area contributed by atoms with Crippen LogP contribution in [0.4, 0.5) is 0 Å². The Labute approximate surface area is 115 Å². The molecular weight excluding hydrogens is 236 g/mol. The molecule has 1 heterocycles. The SMILES string of the molecule is CCc1ccc(C(C)NC2CCCCNC2=O)cc1. The number of rotatable bonds is 4. The number of carbonyl (C=O) groups excluding carboxylic acids is 1. The summed E-state index contributed by atoms with van der Waals surface area (Å²) in [6.45, 7) is 5.10. The zero-order valence-electron chi connectivity index (χ0n) is 11.9. The van der Waals surface area contributed by atoms with E-state index in [1.807, 2.05) is 0 Å². The standard InChI is InChI=1S/C16H24N2O/c1-3-13-7-9-14(10-8-13)12(2)18-15-6-4-5-11-17-16(15)19/h7-10,12,15,18H,3-6,11H2,1-2H3,(H,17,19). The first-order chi connectivity index (χ1) is 9.20. The zero-order chi connectivity index (χ0) is 13.7. The summed E-state index contributed by atoms with van der Waals surface area (Å²) < 4.78 is 0. The lowest BCUT2D eigenvalue weighted by Gasteiger charge is -2.21. The summed E-state index contributed by atoms with van der Waals surface area (Å²) in [6.07, 6.45) is 4.19. The van der Waals surface area contributed by atoms with Crippen molar-refractivity contribution in [2.45, 2.75) is 51.6 Å². The van der Waals surface area contributed by atoms with Crippen LogP contribution in [0, 0.1) is 0 Å². The molecule has 1 aromatic carbocycles. The van der Waals surface area contributed by atoms with Gasteiger partial charge in [-0.25, -0.2) is 0 Å². The van der Waals surface area contributed by atoms with Gasteiger partial charge in [-0.15, -0.1) is 0 Å². The highest BCUT2D eigenvalue weighted by Crippen LogP contribution is 2.16. The molecule has 3 heteroatoms. The van der Waals surface area contributed by atoms with Crippen LogP contribution < -0.4 is 10.6 Å². The predicted octanol–water partition coefficient (Wildman–Crippen LogP) is 2.57. The second-order valence-electron chi connectivity index (χ2n) is 5.32. The summed E-state index contributed by atoms with van der Waals surface area (Å²) in [4.78, 5) is 11.9. The normalized spacial score (nSPS) is 21.6. The van der Waals surface area contributed by atoms with E-state index in [4.69, 9.17) is 0 Å². The van der Waals surface area contributed by atoms with Crippen LogP contribution >= 0.6 is 0 Å². The van der Waals surface area contributed by atoms with E-state index in [0.717, 1.165) is 32.2 Å². The van der Waals surface area contributed by atoms with Gasteiger partial charge in [0.1, 0.15) is 0 Å². The lowest BCUT2D eigenvalue weighted by Crippen LogP contribution is -2.43. The van der Waals surface area contributed by atoms with Crippen molar-refractivity contribution in [2.75, 3.05) is 6.54 Å². The van der Waals surface area contributed by atoms with Gasteiger partial charge in [0.25, 0.3) is 0 Å². The Morgan fingerprint density at radius 3 is 2.74 bits per heavy atom. The second kappa shape index (κ2) is 6.71. The molecule has 2 unspecified atom stereocenters. The fraction of sp³-hybridized carbons (Fsp3) is 0.562. The molecule has 1 fully saturated rings. The highest BCUT2D eigenvalue weighted by Gasteiger charge is 2.22. The van der Waals surface area contributed by atoms with E-state index in [1.54, 1.807) is 0 Å². The zero-order valence-corrected chi connectivity index (χ0v) is 11.9. The Hall–Kier alpha value is -1.35. The van der Waals surface area contributed by atoms with Crippen LogP contribution in [0.2, 0.25) is 0 Å². The maximum absolute atomic E-state index is 11.9. The van der Waals surface area contributed by atoms with Crippen LogP contribution in [0.1, 0.15) is 50.3 Å². The van der Waals surface area contributed by atoms with Gasteiger partial charge < -0.3 is 5.32 Å². The summed E-state index contributed by atoms with van der Waals surface area (Å²) in [5.74, 6) is 0.148. The van der Waals surface area contributed by atoms with Gasteiger partial charge in [0.2, 0.25) is 5.91 Å². The lowest BCUT2D eigenvalue weighted by atomic mass is 10.0. The molecule has 2 rings (SSSR count). The van der Waals surface area contributed by atoms with Crippen molar-refractivity contribution in [1.82, 2.24) is 10.6 Å². The van der Waals surface area contributed by atoms with Gasteiger partial charge in [0.05, 0.1) is 6.04 Å². The Bertz CT molecular complexity index is 413. The van der Waals surface area contributed by atoms with Crippen molar-refractivity contribution in [2.24, 2.45) is 0 Å². The van der Waals surface area contributed by atoms with Gasteiger partial charge in [-0.05, 0) is 43.7 Å². The summed E-state index contributed by atoms with van der Waals surface area (Å²) in [5.41, 5.74) is 2.59. The summed E-state index contributed by atoms with van der Waals surface area (Å²) in [5, 5.41) is 6.42. The molecule has 0 bridgehead atoms. The maximum Gasteiger partial charge on any atom is 0.237 e. The van der Waals surface area contributed by atoms with Crippen LogP contribution in [0.15, 0.2) is 24.3 Å². The molecule has 19 heavy (non-hydrogen) atoms. The minimum absolute atomic E-state index is 0.0525. The van der Waals surface area contributed by atoms with E-state index < -0.39 is 0 Å². The lowest BCUT2D eigenvalue weighted by molar-refractivity contribution is -0.123. The molecule has 3 nitrogen and oxygen atoms in total. The number of aryl methyl sites for hydroxylation is 1. The average Bonchev–Trinajstić information content (AvgIpc) is 2.64. The van der Waals surface area contributed by atoms with E-state index in [-0.39, 0.29) is 18.0 Å². The van der Waals surface area contributed by atoms with Crippen molar-refractivity contribution in [3.63, 3.8) is 0 Å². The number of carbonyl (C=O) groups is 1. The molecular formula is C16H24N2O. The molecule has 2 atom stereocenters. The second-order valence-corrected chi connectivity index (χ2v) is 5.32. The fourth-order valence-electron chi connectivity index (χ4n) is 2.54. The molecule has 0 aliphatic carbocycles. The van der Waals surface area contributed by atoms with Gasteiger partial charge in [-0.3, -0.25) is 10.1 Å². The van der Waals surface area contributed by atoms with Gasteiger partial charge in [-0.2, -0.15) is 0 Å². The Morgan fingerprint density at radius 2 is 2.05 bits per heavy atom. The molecule has 1 amide bonds. The Balaban J connectivity index is 1.98. The van der Waals surface area contributed by atoms with Crippen molar-refractivity contribution in [3.8, 4) is 0 Å². The third kappa shape index (κ3) is 3.80. The fourth-order valence-corrected chi connectivity index (χ4v) is 2.54. The number of hydrogen-bond donors (Lipinski definition) is 2. The molecule has 2 N–H and O–H groups in total. The third-order valence-electron chi connectivity index (χ3n) is 3.87. The third-order valence-corrected chi connectivity index (χ3v) is 3.87. The van der Waals surface area contributed by atoms with Crippen molar-refractivity contribution in [3.05, 3.63) is 35.4 Å². The molecule has 1 aliphatic rings. The van der Waals surface area contributed by atoms with Gasteiger partial charge in [0, 0.05) is 12.6 Å². The van der Waals surface area contributed by atoms with Gasteiger partial charge in [-0.1, -0.05) is 31.2 Å². The first-order valence-electron chi connectivity index (χ1n) is 7.33. The smallest absolute Gasteiger partial charge is 0.237 e. The molecule has 1 aliphatic heterocycles. The van der Waals surface area contributed by atoms with E-state index in [9.17, 15) is 4.79 Å². The van der Waals surface area contributed by atoms with E-state index in [0.29, 0.717) is 0 Å². The molecule has 1 saturated heterocycles. The van der Waals surface area contributed by atoms with Crippen LogP contribution in [0.25, 0.3) is 0 Å². The summed E-state index contributed by atoms with van der Waals surface area (Å²) in [7, 11) is 0. The topological polar surface area (TPSA) is 41.1 Å². The Morgan fingerprint density at radius 1 is 1.32 bits per heavy atom. The molecule has 0 saturated carbocycles.